The predicted octanol–water partition coefficient (Wildman–Crippen LogP) is 4.74. The molecule has 0 unspecified atom stereocenters. The van der Waals surface area contributed by atoms with Gasteiger partial charge in [-0.1, -0.05) is 55.5 Å². The normalized spacial score (nSPS) is 12.4. The number of nitrogens with one attached hydrogen (secondary N) is 1. The van der Waals surface area contributed by atoms with Crippen molar-refractivity contribution in [3.8, 4) is 0 Å². The lowest BCUT2D eigenvalue weighted by atomic mass is 10.1. The van der Waals surface area contributed by atoms with Crippen molar-refractivity contribution < 1.29 is 22.4 Å². The Morgan fingerprint density at radius 3 is 1.97 bits per heavy atom. The number of halogens is 1. The van der Waals surface area contributed by atoms with Crippen LogP contribution in [0.25, 0.3) is 0 Å². The summed E-state index contributed by atoms with van der Waals surface area (Å²) < 4.78 is 42.0. The number of hydrogen-bond acceptors (Lipinski definition) is 4. The first kappa shape index (κ1) is 28.8. The maximum absolute atomic E-state index is 13.9. The SMILES string of the molecule is CC[C@H](C(=O)NC(C)(C)C)N(Cc1ccccc1)C(=O)CN(c1ccc(F)cc1)S(=O)(=O)c1ccccc1. The van der Waals surface area contributed by atoms with Crippen molar-refractivity contribution in [2.75, 3.05) is 10.8 Å². The van der Waals surface area contributed by atoms with Crippen molar-refractivity contribution in [2.45, 2.75) is 57.1 Å². The summed E-state index contributed by atoms with van der Waals surface area (Å²) in [6, 6.07) is 21.0. The molecule has 0 aliphatic carbocycles. The van der Waals surface area contributed by atoms with Gasteiger partial charge in [-0.2, -0.15) is 0 Å². The molecule has 0 saturated carbocycles. The highest BCUT2D eigenvalue weighted by Crippen LogP contribution is 2.25. The first-order valence-corrected chi connectivity index (χ1v) is 13.8. The van der Waals surface area contributed by atoms with E-state index in [0.29, 0.717) is 6.42 Å². The Kier molecular flexibility index (Phi) is 9.27. The molecule has 9 heteroatoms. The Balaban J connectivity index is 2.04. The lowest BCUT2D eigenvalue weighted by Gasteiger charge is -2.34. The molecule has 3 rings (SSSR count). The molecular weight excluding hydrogens is 505 g/mol. The molecule has 0 aliphatic rings. The van der Waals surface area contributed by atoms with Crippen LogP contribution in [-0.4, -0.2) is 43.3 Å². The van der Waals surface area contributed by atoms with Crippen LogP contribution in [-0.2, 0) is 26.2 Å². The van der Waals surface area contributed by atoms with Crippen LogP contribution >= 0.6 is 0 Å². The van der Waals surface area contributed by atoms with Crippen LogP contribution in [0.3, 0.4) is 0 Å². The summed E-state index contributed by atoms with van der Waals surface area (Å²) in [5, 5.41) is 2.93. The van der Waals surface area contributed by atoms with E-state index in [0.717, 1.165) is 22.0 Å². The van der Waals surface area contributed by atoms with E-state index in [1.807, 2.05) is 51.1 Å². The highest BCUT2D eigenvalue weighted by Gasteiger charge is 2.34. The average Bonchev–Trinajstić information content (AvgIpc) is 2.87. The fraction of sp³-hybridized carbons (Fsp3) is 0.310. The molecule has 0 heterocycles. The molecule has 3 aromatic carbocycles. The molecule has 1 N–H and O–H groups in total. The largest absolute Gasteiger partial charge is 0.350 e. The lowest BCUT2D eigenvalue weighted by molar-refractivity contribution is -0.141. The number of hydrogen-bond donors (Lipinski definition) is 1. The zero-order valence-corrected chi connectivity index (χ0v) is 22.9. The van der Waals surface area contributed by atoms with Crippen LogP contribution in [0.15, 0.2) is 89.8 Å². The second-order valence-electron chi connectivity index (χ2n) is 9.97. The van der Waals surface area contributed by atoms with Gasteiger partial charge in [-0.3, -0.25) is 13.9 Å². The molecule has 38 heavy (non-hydrogen) atoms. The minimum absolute atomic E-state index is 0.00995. The number of amides is 2. The first-order valence-electron chi connectivity index (χ1n) is 12.4. The van der Waals surface area contributed by atoms with Gasteiger partial charge < -0.3 is 10.2 Å². The molecule has 0 aromatic heterocycles. The van der Waals surface area contributed by atoms with E-state index in [9.17, 15) is 22.4 Å². The second kappa shape index (κ2) is 12.2. The zero-order chi connectivity index (χ0) is 27.9. The Labute approximate surface area is 224 Å². The van der Waals surface area contributed by atoms with Crippen LogP contribution in [0.5, 0.6) is 0 Å². The average molecular weight is 540 g/mol. The summed E-state index contributed by atoms with van der Waals surface area (Å²) in [5.74, 6) is -1.43. The van der Waals surface area contributed by atoms with E-state index >= 15 is 0 Å². The van der Waals surface area contributed by atoms with Gasteiger partial charge in [0.2, 0.25) is 11.8 Å². The topological polar surface area (TPSA) is 86.8 Å². The summed E-state index contributed by atoms with van der Waals surface area (Å²) in [6.07, 6.45) is 0.322. The van der Waals surface area contributed by atoms with Crippen LogP contribution in [0.1, 0.15) is 39.7 Å². The van der Waals surface area contributed by atoms with Crippen LogP contribution in [0.4, 0.5) is 10.1 Å². The summed E-state index contributed by atoms with van der Waals surface area (Å²) in [4.78, 5) is 28.6. The number of nitrogens with zero attached hydrogens (tertiary/aromatic N) is 2. The minimum Gasteiger partial charge on any atom is -0.350 e. The monoisotopic (exact) mass is 539 g/mol. The summed E-state index contributed by atoms with van der Waals surface area (Å²) in [7, 11) is -4.19. The van der Waals surface area contributed by atoms with Crippen LogP contribution in [0.2, 0.25) is 0 Å². The third kappa shape index (κ3) is 7.41. The molecule has 0 saturated heterocycles. The van der Waals surface area contributed by atoms with Crippen molar-refractivity contribution in [2.24, 2.45) is 0 Å². The third-order valence-electron chi connectivity index (χ3n) is 5.80. The van der Waals surface area contributed by atoms with E-state index in [1.54, 1.807) is 25.1 Å². The van der Waals surface area contributed by atoms with Gasteiger partial charge in [0.15, 0.2) is 0 Å². The van der Waals surface area contributed by atoms with Gasteiger partial charge in [-0.05, 0) is 69.2 Å². The van der Waals surface area contributed by atoms with Crippen molar-refractivity contribution in [3.05, 3.63) is 96.3 Å². The first-order chi connectivity index (χ1) is 17.9. The molecule has 0 aliphatic heterocycles. The van der Waals surface area contributed by atoms with Gasteiger partial charge in [0, 0.05) is 12.1 Å². The predicted molar refractivity (Wildman–Crippen MR) is 146 cm³/mol. The van der Waals surface area contributed by atoms with Crippen molar-refractivity contribution >= 4 is 27.5 Å². The summed E-state index contributed by atoms with van der Waals surface area (Å²) in [5.41, 5.74) is 0.403. The maximum Gasteiger partial charge on any atom is 0.264 e. The summed E-state index contributed by atoms with van der Waals surface area (Å²) in [6.45, 7) is 6.89. The number of rotatable bonds is 10. The molecule has 0 radical (unpaired) electrons. The molecule has 3 aromatic rings. The van der Waals surface area contributed by atoms with Crippen molar-refractivity contribution in [3.63, 3.8) is 0 Å². The Morgan fingerprint density at radius 1 is 0.895 bits per heavy atom. The molecule has 0 spiro atoms. The van der Waals surface area contributed by atoms with Gasteiger partial charge in [0.05, 0.1) is 10.6 Å². The lowest BCUT2D eigenvalue weighted by Crippen LogP contribution is -2.55. The molecule has 7 nitrogen and oxygen atoms in total. The molecule has 1 atom stereocenters. The fourth-order valence-corrected chi connectivity index (χ4v) is 5.44. The smallest absolute Gasteiger partial charge is 0.264 e. The fourth-order valence-electron chi connectivity index (χ4n) is 4.01. The van der Waals surface area contributed by atoms with Crippen LogP contribution < -0.4 is 9.62 Å². The van der Waals surface area contributed by atoms with E-state index in [1.165, 1.54) is 29.2 Å². The highest BCUT2D eigenvalue weighted by atomic mass is 32.2. The van der Waals surface area contributed by atoms with E-state index in [-0.39, 0.29) is 23.0 Å². The minimum atomic E-state index is -4.19. The van der Waals surface area contributed by atoms with Gasteiger partial charge in [0.25, 0.3) is 10.0 Å². The molecule has 0 bridgehead atoms. The Morgan fingerprint density at radius 2 is 1.45 bits per heavy atom. The maximum atomic E-state index is 13.9. The van der Waals surface area contributed by atoms with E-state index < -0.39 is 39.9 Å². The summed E-state index contributed by atoms with van der Waals surface area (Å²) >= 11 is 0. The molecule has 0 fully saturated rings. The van der Waals surface area contributed by atoms with Crippen LogP contribution in [0, 0.1) is 5.82 Å². The number of sulfonamides is 1. The number of carbonyl (C=O) groups is 2. The zero-order valence-electron chi connectivity index (χ0n) is 22.1. The molecule has 202 valence electrons. The number of benzene rings is 3. The second-order valence-corrected chi connectivity index (χ2v) is 11.8. The van der Waals surface area contributed by atoms with Gasteiger partial charge >= 0.3 is 0 Å². The Hall–Kier alpha value is -3.72. The standard InChI is InChI=1S/C29H34FN3O4S/c1-5-26(28(35)31-29(2,3)4)32(20-22-12-8-6-9-13-22)27(34)21-33(24-18-16-23(30)17-19-24)38(36,37)25-14-10-7-11-15-25/h6-19,26H,5,20-21H2,1-4H3,(H,31,35)/t26-/m1/s1. The van der Waals surface area contributed by atoms with Gasteiger partial charge in [-0.15, -0.1) is 0 Å². The number of carbonyl (C=O) groups excluding carboxylic acids is 2. The van der Waals surface area contributed by atoms with E-state index in [4.69, 9.17) is 0 Å². The van der Waals surface area contributed by atoms with E-state index in [2.05, 4.69) is 5.32 Å². The van der Waals surface area contributed by atoms with Crippen molar-refractivity contribution in [1.29, 1.82) is 0 Å². The van der Waals surface area contributed by atoms with Crippen molar-refractivity contribution in [1.82, 2.24) is 10.2 Å². The molecular formula is C29H34FN3O4S. The third-order valence-corrected chi connectivity index (χ3v) is 7.59. The quantitative estimate of drug-likeness (QED) is 0.403. The Bertz CT molecular complexity index is 1330. The highest BCUT2D eigenvalue weighted by molar-refractivity contribution is 7.92. The number of anilines is 1. The molecule has 2 amide bonds. The van der Waals surface area contributed by atoms with Gasteiger partial charge in [-0.25, -0.2) is 12.8 Å². The van der Waals surface area contributed by atoms with Gasteiger partial charge in [0.1, 0.15) is 18.4 Å².